The lowest BCUT2D eigenvalue weighted by molar-refractivity contribution is 0.0698. The van der Waals surface area contributed by atoms with Crippen LogP contribution in [0.1, 0.15) is 35.0 Å². The normalized spacial score (nSPS) is 16.8. The number of carbonyl (C=O) groups excluding carboxylic acids is 1. The minimum Gasteiger partial charge on any atom is -0.497 e. The molecule has 28 heavy (non-hydrogen) atoms. The summed E-state index contributed by atoms with van der Waals surface area (Å²) in [4.78, 5) is 14.6. The fourth-order valence-corrected chi connectivity index (χ4v) is 3.39. The first-order chi connectivity index (χ1) is 13.6. The van der Waals surface area contributed by atoms with Gasteiger partial charge < -0.3 is 14.1 Å². The second-order valence-corrected chi connectivity index (χ2v) is 6.77. The fraction of sp³-hybridized carbons (Fsp3) is 0.286. The predicted octanol–water partition coefficient (Wildman–Crippen LogP) is 3.90. The van der Waals surface area contributed by atoms with Crippen molar-refractivity contribution in [2.75, 3.05) is 20.2 Å². The van der Waals surface area contributed by atoms with Gasteiger partial charge in [0.2, 0.25) is 11.8 Å². The molecule has 3 aromatic rings. The lowest BCUT2D eigenvalue weighted by Gasteiger charge is -2.31. The van der Waals surface area contributed by atoms with Crippen molar-refractivity contribution in [1.82, 2.24) is 15.1 Å². The molecule has 2 aromatic carbocycles. The average molecular weight is 381 g/mol. The third-order valence-corrected chi connectivity index (χ3v) is 4.93. The molecule has 144 valence electrons. The van der Waals surface area contributed by atoms with E-state index < -0.39 is 0 Å². The maximum Gasteiger partial charge on any atom is 0.253 e. The number of aromatic nitrogens is 2. The minimum atomic E-state index is -0.316. The zero-order chi connectivity index (χ0) is 19.5. The van der Waals surface area contributed by atoms with Gasteiger partial charge in [-0.05, 0) is 61.4 Å². The van der Waals surface area contributed by atoms with E-state index in [1.165, 1.54) is 12.1 Å². The number of halogens is 1. The van der Waals surface area contributed by atoms with Crippen molar-refractivity contribution in [1.29, 1.82) is 0 Å². The molecule has 0 radical (unpaired) electrons. The largest absolute Gasteiger partial charge is 0.497 e. The van der Waals surface area contributed by atoms with Crippen molar-refractivity contribution >= 4 is 5.91 Å². The van der Waals surface area contributed by atoms with E-state index in [4.69, 9.17) is 9.15 Å². The van der Waals surface area contributed by atoms with E-state index in [-0.39, 0.29) is 17.6 Å². The van der Waals surface area contributed by atoms with Gasteiger partial charge in [0.05, 0.1) is 13.0 Å². The van der Waals surface area contributed by atoms with Crippen LogP contribution in [0, 0.1) is 5.82 Å². The molecule has 0 saturated carbocycles. The smallest absolute Gasteiger partial charge is 0.253 e. The summed E-state index contributed by atoms with van der Waals surface area (Å²) in [5.74, 6) is 1.22. The number of methoxy groups -OCH3 is 1. The summed E-state index contributed by atoms with van der Waals surface area (Å²) < 4.78 is 24.0. The zero-order valence-electron chi connectivity index (χ0n) is 15.5. The first-order valence-electron chi connectivity index (χ1n) is 9.16. The van der Waals surface area contributed by atoms with Gasteiger partial charge in [-0.3, -0.25) is 4.79 Å². The van der Waals surface area contributed by atoms with E-state index in [0.29, 0.717) is 41.7 Å². The Labute approximate surface area is 161 Å². The number of hydrogen-bond donors (Lipinski definition) is 0. The van der Waals surface area contributed by atoms with Gasteiger partial charge in [0, 0.05) is 24.2 Å². The van der Waals surface area contributed by atoms with E-state index in [0.717, 1.165) is 12.8 Å². The number of carbonyl (C=O) groups is 1. The Hall–Kier alpha value is -3.22. The Balaban J connectivity index is 1.47. The highest BCUT2D eigenvalue weighted by Crippen LogP contribution is 2.29. The van der Waals surface area contributed by atoms with Crippen LogP contribution in [0.2, 0.25) is 0 Å². The van der Waals surface area contributed by atoms with Crippen molar-refractivity contribution in [3.8, 4) is 17.2 Å². The number of likely N-dealkylation sites (tertiary alicyclic amines) is 1. The molecule has 0 N–H and O–H groups in total. The highest BCUT2D eigenvalue weighted by Gasteiger charge is 2.29. The number of rotatable bonds is 4. The molecule has 1 atom stereocenters. The Kier molecular flexibility index (Phi) is 5.06. The van der Waals surface area contributed by atoms with Gasteiger partial charge in [0.15, 0.2) is 0 Å². The molecule has 0 aliphatic carbocycles. The Morgan fingerprint density at radius 3 is 2.61 bits per heavy atom. The molecular weight excluding hydrogens is 361 g/mol. The highest BCUT2D eigenvalue weighted by atomic mass is 19.1. The quantitative estimate of drug-likeness (QED) is 0.686. The van der Waals surface area contributed by atoms with E-state index in [1.807, 2.05) is 4.90 Å². The van der Waals surface area contributed by atoms with Crippen LogP contribution in [0.4, 0.5) is 4.39 Å². The van der Waals surface area contributed by atoms with Gasteiger partial charge in [-0.25, -0.2) is 4.39 Å². The third-order valence-electron chi connectivity index (χ3n) is 4.93. The molecule has 7 heteroatoms. The molecule has 1 aromatic heterocycles. The van der Waals surface area contributed by atoms with E-state index in [2.05, 4.69) is 10.2 Å². The van der Waals surface area contributed by atoms with Crippen molar-refractivity contribution in [2.24, 2.45) is 0 Å². The summed E-state index contributed by atoms with van der Waals surface area (Å²) >= 11 is 0. The highest BCUT2D eigenvalue weighted by molar-refractivity contribution is 5.94. The first kappa shape index (κ1) is 18.2. The van der Waals surface area contributed by atoms with Gasteiger partial charge in [0.25, 0.3) is 5.91 Å². The number of nitrogens with zero attached hydrogens (tertiary/aromatic N) is 3. The lowest BCUT2D eigenvalue weighted by Crippen LogP contribution is -2.39. The summed E-state index contributed by atoms with van der Waals surface area (Å²) in [5.41, 5.74) is 1.29. The van der Waals surface area contributed by atoms with Crippen LogP contribution in [0.3, 0.4) is 0 Å². The van der Waals surface area contributed by atoms with Gasteiger partial charge in [0.1, 0.15) is 11.6 Å². The van der Waals surface area contributed by atoms with Crippen LogP contribution >= 0.6 is 0 Å². The van der Waals surface area contributed by atoms with Gasteiger partial charge in [-0.2, -0.15) is 0 Å². The van der Waals surface area contributed by atoms with Gasteiger partial charge in [-0.1, -0.05) is 0 Å². The van der Waals surface area contributed by atoms with Crippen molar-refractivity contribution in [3.05, 3.63) is 65.8 Å². The predicted molar refractivity (Wildman–Crippen MR) is 101 cm³/mol. The molecule has 2 heterocycles. The molecule has 0 bridgehead atoms. The fourth-order valence-electron chi connectivity index (χ4n) is 3.39. The first-order valence-corrected chi connectivity index (χ1v) is 9.16. The molecule has 6 nitrogen and oxygen atoms in total. The number of benzene rings is 2. The Morgan fingerprint density at radius 1 is 1.14 bits per heavy atom. The number of hydrogen-bond acceptors (Lipinski definition) is 5. The number of amides is 1. The molecular formula is C21H20FN3O3. The molecule has 1 amide bonds. The van der Waals surface area contributed by atoms with Gasteiger partial charge >= 0.3 is 0 Å². The summed E-state index contributed by atoms with van der Waals surface area (Å²) in [6, 6.07) is 13.0. The number of ether oxygens (including phenoxy) is 1. The van der Waals surface area contributed by atoms with E-state index in [1.54, 1.807) is 43.5 Å². The maximum absolute atomic E-state index is 13.1. The lowest BCUT2D eigenvalue weighted by atomic mass is 9.97. The second-order valence-electron chi connectivity index (χ2n) is 6.77. The maximum atomic E-state index is 13.1. The van der Waals surface area contributed by atoms with E-state index >= 15 is 0 Å². The Morgan fingerprint density at radius 2 is 1.89 bits per heavy atom. The molecule has 0 spiro atoms. The second kappa shape index (κ2) is 7.80. The molecule has 1 fully saturated rings. The third kappa shape index (κ3) is 3.74. The van der Waals surface area contributed by atoms with Gasteiger partial charge in [-0.15, -0.1) is 10.2 Å². The topological polar surface area (TPSA) is 68.5 Å². The van der Waals surface area contributed by atoms with Crippen molar-refractivity contribution in [2.45, 2.75) is 18.8 Å². The summed E-state index contributed by atoms with van der Waals surface area (Å²) in [7, 11) is 1.59. The molecule has 1 saturated heterocycles. The molecule has 4 rings (SSSR count). The molecule has 1 aliphatic heterocycles. The van der Waals surface area contributed by atoms with Crippen LogP contribution in [0.5, 0.6) is 5.75 Å². The summed E-state index contributed by atoms with van der Waals surface area (Å²) in [6.07, 6.45) is 1.73. The van der Waals surface area contributed by atoms with Crippen molar-refractivity contribution in [3.63, 3.8) is 0 Å². The van der Waals surface area contributed by atoms with Crippen LogP contribution < -0.4 is 4.74 Å². The summed E-state index contributed by atoms with van der Waals surface area (Å²) in [5, 5.41) is 8.24. The average Bonchev–Trinajstić information content (AvgIpc) is 3.24. The molecule has 1 aliphatic rings. The standard InChI is InChI=1S/C21H20FN3O3/c1-27-18-10-6-15(7-11-18)21(26)25-12-2-3-16(13-25)20-24-23-19(28-20)14-4-8-17(22)9-5-14/h4-11,16H,2-3,12-13H2,1H3/t16-/m1/s1. The van der Waals surface area contributed by atoms with Crippen LogP contribution in [-0.2, 0) is 0 Å². The van der Waals surface area contributed by atoms with E-state index in [9.17, 15) is 9.18 Å². The molecule has 0 unspecified atom stereocenters. The van der Waals surface area contributed by atoms with Crippen LogP contribution in [0.25, 0.3) is 11.5 Å². The van der Waals surface area contributed by atoms with Crippen molar-refractivity contribution < 1.29 is 18.3 Å². The zero-order valence-corrected chi connectivity index (χ0v) is 15.5. The monoisotopic (exact) mass is 381 g/mol. The minimum absolute atomic E-state index is 0.0161. The SMILES string of the molecule is COc1ccc(C(=O)N2CCC[C@@H](c3nnc(-c4ccc(F)cc4)o3)C2)cc1. The Bertz CT molecular complexity index is 954. The number of piperidine rings is 1. The summed E-state index contributed by atoms with van der Waals surface area (Å²) in [6.45, 7) is 1.22. The van der Waals surface area contributed by atoms with Crippen LogP contribution in [-0.4, -0.2) is 41.2 Å². The van der Waals surface area contributed by atoms with Crippen LogP contribution in [0.15, 0.2) is 52.9 Å².